The van der Waals surface area contributed by atoms with Gasteiger partial charge in [0.15, 0.2) is 5.78 Å². The SMILES string of the molecule is NCC1(C(=O)O)CCC1=O. The van der Waals surface area contributed by atoms with E-state index < -0.39 is 11.4 Å². The van der Waals surface area contributed by atoms with Gasteiger partial charge >= 0.3 is 5.97 Å². The molecule has 1 aliphatic rings. The first-order valence-electron chi connectivity index (χ1n) is 3.10. The van der Waals surface area contributed by atoms with Gasteiger partial charge in [-0.1, -0.05) is 0 Å². The lowest BCUT2D eigenvalue weighted by Crippen LogP contribution is -2.52. The molecule has 0 saturated heterocycles. The highest BCUT2D eigenvalue weighted by Crippen LogP contribution is 2.36. The zero-order valence-corrected chi connectivity index (χ0v) is 5.46. The number of carboxylic acid groups (broad SMARTS) is 1. The fourth-order valence-corrected chi connectivity index (χ4v) is 1.06. The van der Waals surface area contributed by atoms with Crippen molar-refractivity contribution < 1.29 is 14.7 Å². The lowest BCUT2D eigenvalue weighted by atomic mass is 9.67. The minimum Gasteiger partial charge on any atom is -0.480 e. The predicted octanol–water partition coefficient (Wildman–Crippen LogP) is -0.621. The second-order valence-corrected chi connectivity index (χ2v) is 2.51. The van der Waals surface area contributed by atoms with Gasteiger partial charge in [-0.05, 0) is 6.42 Å². The van der Waals surface area contributed by atoms with Crippen molar-refractivity contribution in [2.24, 2.45) is 11.1 Å². The lowest BCUT2D eigenvalue weighted by Gasteiger charge is -2.34. The maximum atomic E-state index is 10.8. The van der Waals surface area contributed by atoms with Crippen LogP contribution in [0.1, 0.15) is 12.8 Å². The maximum absolute atomic E-state index is 10.8. The molecule has 10 heavy (non-hydrogen) atoms. The molecule has 3 N–H and O–H groups in total. The minimum absolute atomic E-state index is 0.0683. The summed E-state index contributed by atoms with van der Waals surface area (Å²) in [6, 6.07) is 0. The summed E-state index contributed by atoms with van der Waals surface area (Å²) in [5, 5.41) is 8.55. The van der Waals surface area contributed by atoms with Crippen LogP contribution in [-0.2, 0) is 9.59 Å². The van der Waals surface area contributed by atoms with Crippen LogP contribution in [-0.4, -0.2) is 23.4 Å². The van der Waals surface area contributed by atoms with Crippen molar-refractivity contribution in [3.63, 3.8) is 0 Å². The topological polar surface area (TPSA) is 80.4 Å². The third-order valence-corrected chi connectivity index (χ3v) is 2.07. The van der Waals surface area contributed by atoms with E-state index in [9.17, 15) is 9.59 Å². The summed E-state index contributed by atoms with van der Waals surface area (Å²) < 4.78 is 0. The van der Waals surface area contributed by atoms with E-state index >= 15 is 0 Å². The Bertz CT molecular complexity index is 175. The van der Waals surface area contributed by atoms with Crippen molar-refractivity contribution in [1.82, 2.24) is 0 Å². The summed E-state index contributed by atoms with van der Waals surface area (Å²) in [5.41, 5.74) is 3.94. The van der Waals surface area contributed by atoms with Crippen LogP contribution >= 0.6 is 0 Å². The maximum Gasteiger partial charge on any atom is 0.318 e. The molecular weight excluding hydrogens is 134 g/mol. The molecule has 1 unspecified atom stereocenters. The molecule has 0 aliphatic heterocycles. The Kier molecular flexibility index (Phi) is 1.48. The van der Waals surface area contributed by atoms with Crippen molar-refractivity contribution in [3.8, 4) is 0 Å². The number of ketones is 1. The van der Waals surface area contributed by atoms with Crippen LogP contribution in [0.4, 0.5) is 0 Å². The molecule has 0 aromatic rings. The van der Waals surface area contributed by atoms with E-state index in [1.165, 1.54) is 0 Å². The van der Waals surface area contributed by atoms with E-state index in [-0.39, 0.29) is 12.3 Å². The van der Waals surface area contributed by atoms with Crippen molar-refractivity contribution in [3.05, 3.63) is 0 Å². The van der Waals surface area contributed by atoms with E-state index in [0.717, 1.165) is 0 Å². The van der Waals surface area contributed by atoms with E-state index in [2.05, 4.69) is 0 Å². The number of rotatable bonds is 2. The van der Waals surface area contributed by atoms with Crippen molar-refractivity contribution in [2.45, 2.75) is 12.8 Å². The number of nitrogens with two attached hydrogens (primary N) is 1. The number of hydrogen-bond acceptors (Lipinski definition) is 3. The number of carbonyl (C=O) groups excluding carboxylic acids is 1. The van der Waals surface area contributed by atoms with Gasteiger partial charge in [-0.25, -0.2) is 0 Å². The molecule has 0 aromatic carbocycles. The van der Waals surface area contributed by atoms with Gasteiger partial charge in [-0.15, -0.1) is 0 Å². The smallest absolute Gasteiger partial charge is 0.318 e. The first-order chi connectivity index (χ1) is 4.63. The van der Waals surface area contributed by atoms with E-state index in [0.29, 0.717) is 12.8 Å². The quantitative estimate of drug-likeness (QED) is 0.505. The van der Waals surface area contributed by atoms with Gasteiger partial charge in [-0.3, -0.25) is 9.59 Å². The fourth-order valence-electron chi connectivity index (χ4n) is 1.06. The molecule has 1 aliphatic carbocycles. The minimum atomic E-state index is -1.22. The van der Waals surface area contributed by atoms with Crippen molar-refractivity contribution in [2.75, 3.05) is 6.54 Å². The fraction of sp³-hybridized carbons (Fsp3) is 0.667. The van der Waals surface area contributed by atoms with Gasteiger partial charge in [0.25, 0.3) is 0 Å². The lowest BCUT2D eigenvalue weighted by molar-refractivity contribution is -0.161. The summed E-state index contributed by atoms with van der Waals surface area (Å²) in [7, 11) is 0. The third kappa shape index (κ3) is 0.654. The summed E-state index contributed by atoms with van der Waals surface area (Å²) in [6.45, 7) is -0.0683. The van der Waals surface area contributed by atoms with Gasteiger partial charge in [0.05, 0.1) is 0 Å². The molecule has 0 amide bonds. The Morgan fingerprint density at radius 2 is 2.40 bits per heavy atom. The Morgan fingerprint density at radius 1 is 1.80 bits per heavy atom. The molecule has 1 rings (SSSR count). The van der Waals surface area contributed by atoms with Crippen LogP contribution < -0.4 is 5.73 Å². The molecule has 0 heterocycles. The highest BCUT2D eigenvalue weighted by Gasteiger charge is 2.51. The van der Waals surface area contributed by atoms with Crippen LogP contribution in [0.3, 0.4) is 0 Å². The normalized spacial score (nSPS) is 31.5. The van der Waals surface area contributed by atoms with Crippen LogP contribution in [0, 0.1) is 5.41 Å². The number of carboxylic acids is 1. The summed E-state index contributed by atoms with van der Waals surface area (Å²) in [6.07, 6.45) is 0.765. The van der Waals surface area contributed by atoms with E-state index in [4.69, 9.17) is 10.8 Å². The molecule has 0 aromatic heterocycles. The zero-order valence-electron chi connectivity index (χ0n) is 5.46. The number of carbonyl (C=O) groups is 2. The molecule has 0 radical (unpaired) electrons. The molecule has 0 bridgehead atoms. The Hall–Kier alpha value is -0.900. The predicted molar refractivity (Wildman–Crippen MR) is 33.4 cm³/mol. The highest BCUT2D eigenvalue weighted by atomic mass is 16.4. The van der Waals surface area contributed by atoms with Crippen molar-refractivity contribution >= 4 is 11.8 Å². The van der Waals surface area contributed by atoms with Gasteiger partial charge in [0, 0.05) is 13.0 Å². The molecule has 1 saturated carbocycles. The van der Waals surface area contributed by atoms with Gasteiger partial charge < -0.3 is 10.8 Å². The first kappa shape index (κ1) is 7.21. The van der Waals surface area contributed by atoms with E-state index in [1.54, 1.807) is 0 Å². The molecule has 0 spiro atoms. The second-order valence-electron chi connectivity index (χ2n) is 2.51. The molecule has 1 atom stereocenters. The monoisotopic (exact) mass is 143 g/mol. The first-order valence-corrected chi connectivity index (χ1v) is 3.10. The average Bonchev–Trinajstić information content (AvgIpc) is 1.86. The average molecular weight is 143 g/mol. The van der Waals surface area contributed by atoms with Gasteiger partial charge in [0.1, 0.15) is 5.41 Å². The standard InChI is InChI=1S/C6H9NO3/c7-3-6(5(9)10)2-1-4(6)8/h1-3,7H2,(H,9,10). The van der Waals surface area contributed by atoms with Gasteiger partial charge in [0.2, 0.25) is 0 Å². The van der Waals surface area contributed by atoms with Gasteiger partial charge in [-0.2, -0.15) is 0 Å². The Balaban J connectivity index is 2.79. The van der Waals surface area contributed by atoms with Crippen LogP contribution in [0.2, 0.25) is 0 Å². The molecular formula is C6H9NO3. The summed E-state index contributed by atoms with van der Waals surface area (Å²) >= 11 is 0. The number of hydrogen-bond donors (Lipinski definition) is 2. The number of Topliss-reactive ketones (excluding diaryl/α,β-unsaturated/α-hetero) is 1. The van der Waals surface area contributed by atoms with Crippen LogP contribution in [0.5, 0.6) is 0 Å². The largest absolute Gasteiger partial charge is 0.480 e. The molecule has 4 nitrogen and oxygen atoms in total. The van der Waals surface area contributed by atoms with E-state index in [1.807, 2.05) is 0 Å². The van der Waals surface area contributed by atoms with Crippen LogP contribution in [0.15, 0.2) is 0 Å². The zero-order chi connectivity index (χ0) is 7.78. The second kappa shape index (κ2) is 2.05. The summed E-state index contributed by atoms with van der Waals surface area (Å²) in [4.78, 5) is 21.2. The molecule has 4 heteroatoms. The Labute approximate surface area is 58.0 Å². The number of aliphatic carboxylic acids is 1. The molecule has 56 valence electrons. The van der Waals surface area contributed by atoms with Crippen molar-refractivity contribution in [1.29, 1.82) is 0 Å². The molecule has 1 fully saturated rings. The Morgan fingerprint density at radius 3 is 2.40 bits per heavy atom. The highest BCUT2D eigenvalue weighted by molar-refractivity contribution is 6.07. The third-order valence-electron chi connectivity index (χ3n) is 2.07. The van der Waals surface area contributed by atoms with Crippen LogP contribution in [0.25, 0.3) is 0 Å². The summed E-state index contributed by atoms with van der Waals surface area (Å²) in [5.74, 6) is -1.31.